The minimum atomic E-state index is 0.176. The highest BCUT2D eigenvalue weighted by Gasteiger charge is 2.24. The van der Waals surface area contributed by atoms with Gasteiger partial charge in [-0.1, -0.05) is 0 Å². The van der Waals surface area contributed by atoms with Crippen molar-refractivity contribution in [3.63, 3.8) is 0 Å². The molecule has 2 aromatic heterocycles. The van der Waals surface area contributed by atoms with Gasteiger partial charge >= 0.3 is 0 Å². The molecule has 1 N–H and O–H groups in total. The number of amides is 1. The monoisotopic (exact) mass is 275 g/mol. The zero-order chi connectivity index (χ0) is 13.1. The van der Waals surface area contributed by atoms with Gasteiger partial charge in [-0.05, 0) is 42.7 Å². The molecule has 19 heavy (non-hydrogen) atoms. The second-order valence-electron chi connectivity index (χ2n) is 5.06. The molecule has 1 saturated heterocycles. The van der Waals surface area contributed by atoms with Gasteiger partial charge in [0.05, 0.1) is 5.56 Å². The molecular weight excluding hydrogens is 258 g/mol. The molecule has 4 nitrogen and oxygen atoms in total. The number of H-pyrrole nitrogens is 1. The normalized spacial score (nSPS) is 19.6. The van der Waals surface area contributed by atoms with Crippen LogP contribution in [0.25, 0.3) is 0 Å². The average Bonchev–Trinajstić information content (AvgIpc) is 3.11. The summed E-state index contributed by atoms with van der Waals surface area (Å²) in [6.45, 7) is 1.74. The predicted molar refractivity (Wildman–Crippen MR) is 75.2 cm³/mol. The number of rotatable bonds is 3. The van der Waals surface area contributed by atoms with Crippen molar-refractivity contribution in [2.45, 2.75) is 19.3 Å². The van der Waals surface area contributed by atoms with Gasteiger partial charge in [0.1, 0.15) is 0 Å². The minimum Gasteiger partial charge on any atom is -0.338 e. The molecule has 1 aliphatic rings. The van der Waals surface area contributed by atoms with Crippen molar-refractivity contribution >= 4 is 17.2 Å². The third-order valence-electron chi connectivity index (χ3n) is 3.64. The SMILES string of the molecule is O=C(c1ccsc1)N1CCCC(Cc2ccn[nH]2)C1. The van der Waals surface area contributed by atoms with Crippen LogP contribution in [0.4, 0.5) is 0 Å². The Balaban J connectivity index is 1.63. The minimum absolute atomic E-state index is 0.176. The molecule has 3 rings (SSSR count). The first kappa shape index (κ1) is 12.4. The topological polar surface area (TPSA) is 49.0 Å². The van der Waals surface area contributed by atoms with Crippen LogP contribution < -0.4 is 0 Å². The number of hydrogen-bond donors (Lipinski definition) is 1. The molecule has 0 saturated carbocycles. The number of aromatic nitrogens is 2. The second-order valence-corrected chi connectivity index (χ2v) is 5.84. The largest absolute Gasteiger partial charge is 0.338 e. The highest BCUT2D eigenvalue weighted by molar-refractivity contribution is 7.08. The fraction of sp³-hybridized carbons (Fsp3) is 0.429. The average molecular weight is 275 g/mol. The Bertz CT molecular complexity index is 521. The van der Waals surface area contributed by atoms with Gasteiger partial charge in [0, 0.05) is 30.4 Å². The fourth-order valence-electron chi connectivity index (χ4n) is 2.69. The summed E-state index contributed by atoms with van der Waals surface area (Å²) in [6.07, 6.45) is 5.04. The van der Waals surface area contributed by atoms with Crippen LogP contribution in [0.15, 0.2) is 29.1 Å². The lowest BCUT2D eigenvalue weighted by Crippen LogP contribution is -2.40. The predicted octanol–water partition coefficient (Wildman–Crippen LogP) is 2.57. The lowest BCUT2D eigenvalue weighted by atomic mass is 9.93. The molecule has 1 unspecified atom stereocenters. The van der Waals surface area contributed by atoms with Crippen molar-refractivity contribution in [3.05, 3.63) is 40.3 Å². The molecule has 3 heterocycles. The van der Waals surface area contributed by atoms with E-state index in [1.807, 2.05) is 27.8 Å². The van der Waals surface area contributed by atoms with E-state index in [1.165, 1.54) is 6.42 Å². The van der Waals surface area contributed by atoms with Gasteiger partial charge in [0.2, 0.25) is 0 Å². The molecule has 1 fully saturated rings. The first-order valence-corrected chi connectivity index (χ1v) is 7.57. The molecule has 2 aromatic rings. The quantitative estimate of drug-likeness (QED) is 0.936. The Morgan fingerprint density at radius 2 is 2.47 bits per heavy atom. The molecule has 5 heteroatoms. The molecule has 1 amide bonds. The molecule has 0 aliphatic carbocycles. The Morgan fingerprint density at radius 3 is 3.21 bits per heavy atom. The zero-order valence-electron chi connectivity index (χ0n) is 10.7. The smallest absolute Gasteiger partial charge is 0.254 e. The fourth-order valence-corrected chi connectivity index (χ4v) is 3.32. The van der Waals surface area contributed by atoms with Crippen LogP contribution in [0, 0.1) is 5.92 Å². The number of piperidine rings is 1. The number of nitrogens with zero attached hydrogens (tertiary/aromatic N) is 2. The second kappa shape index (κ2) is 5.57. The van der Waals surface area contributed by atoms with E-state index in [0.717, 1.165) is 37.2 Å². The van der Waals surface area contributed by atoms with Crippen LogP contribution in [0.1, 0.15) is 28.9 Å². The summed E-state index contributed by atoms with van der Waals surface area (Å²) in [6, 6.07) is 3.92. The summed E-state index contributed by atoms with van der Waals surface area (Å²) in [7, 11) is 0. The lowest BCUT2D eigenvalue weighted by Gasteiger charge is -2.32. The first-order valence-electron chi connectivity index (χ1n) is 6.62. The Kier molecular flexibility index (Phi) is 3.64. The summed E-state index contributed by atoms with van der Waals surface area (Å²) in [5.74, 6) is 0.715. The maximum Gasteiger partial charge on any atom is 0.254 e. The Hall–Kier alpha value is -1.62. The van der Waals surface area contributed by atoms with Crippen LogP contribution in [0.3, 0.4) is 0 Å². The highest BCUT2D eigenvalue weighted by atomic mass is 32.1. The van der Waals surface area contributed by atoms with Crippen LogP contribution in [-0.2, 0) is 6.42 Å². The highest BCUT2D eigenvalue weighted by Crippen LogP contribution is 2.22. The van der Waals surface area contributed by atoms with Gasteiger partial charge in [0.25, 0.3) is 5.91 Å². The van der Waals surface area contributed by atoms with Gasteiger partial charge in [-0.2, -0.15) is 16.4 Å². The maximum absolute atomic E-state index is 12.3. The summed E-state index contributed by atoms with van der Waals surface area (Å²) in [5, 5.41) is 10.9. The number of carbonyl (C=O) groups is 1. The van der Waals surface area contributed by atoms with Gasteiger partial charge in [-0.25, -0.2) is 0 Å². The van der Waals surface area contributed by atoms with Gasteiger partial charge in [-0.3, -0.25) is 9.89 Å². The van der Waals surface area contributed by atoms with Gasteiger partial charge in [0.15, 0.2) is 0 Å². The van der Waals surface area contributed by atoms with Crippen LogP contribution in [0.5, 0.6) is 0 Å². The van der Waals surface area contributed by atoms with Crippen molar-refractivity contribution in [3.8, 4) is 0 Å². The van der Waals surface area contributed by atoms with E-state index in [-0.39, 0.29) is 5.91 Å². The molecule has 0 radical (unpaired) electrons. The van der Waals surface area contributed by atoms with Crippen LogP contribution >= 0.6 is 11.3 Å². The third kappa shape index (κ3) is 2.87. The first-order chi connectivity index (χ1) is 9.33. The van der Waals surface area contributed by atoms with E-state index in [2.05, 4.69) is 10.2 Å². The zero-order valence-corrected chi connectivity index (χ0v) is 11.5. The standard InChI is InChI=1S/C14H17N3OS/c18-14(12-4-7-19-10-12)17-6-1-2-11(9-17)8-13-3-5-15-16-13/h3-5,7,10-11H,1-2,6,8-9H2,(H,15,16). The van der Waals surface area contributed by atoms with Crippen LogP contribution in [0.2, 0.25) is 0 Å². The summed E-state index contributed by atoms with van der Waals surface area (Å²) < 4.78 is 0. The summed E-state index contributed by atoms with van der Waals surface area (Å²) in [5.41, 5.74) is 1.99. The number of likely N-dealkylation sites (tertiary alicyclic amines) is 1. The molecular formula is C14H17N3OS. The van der Waals surface area contributed by atoms with Crippen molar-refractivity contribution in [2.75, 3.05) is 13.1 Å². The molecule has 0 aromatic carbocycles. The lowest BCUT2D eigenvalue weighted by molar-refractivity contribution is 0.0673. The number of thiophene rings is 1. The third-order valence-corrected chi connectivity index (χ3v) is 4.32. The molecule has 0 bridgehead atoms. The Labute approximate surface area is 116 Å². The number of nitrogens with one attached hydrogen (secondary N) is 1. The van der Waals surface area contributed by atoms with E-state index in [1.54, 1.807) is 17.5 Å². The van der Waals surface area contributed by atoms with Crippen LogP contribution in [-0.4, -0.2) is 34.1 Å². The van der Waals surface area contributed by atoms with Crippen molar-refractivity contribution in [1.82, 2.24) is 15.1 Å². The van der Waals surface area contributed by atoms with Crippen molar-refractivity contribution in [1.29, 1.82) is 0 Å². The van der Waals surface area contributed by atoms with Crippen molar-refractivity contribution in [2.24, 2.45) is 5.92 Å². The van der Waals surface area contributed by atoms with Crippen molar-refractivity contribution < 1.29 is 4.79 Å². The maximum atomic E-state index is 12.3. The summed E-state index contributed by atoms with van der Waals surface area (Å²) in [4.78, 5) is 14.3. The van der Waals surface area contributed by atoms with Gasteiger partial charge in [-0.15, -0.1) is 0 Å². The van der Waals surface area contributed by atoms with E-state index in [0.29, 0.717) is 5.92 Å². The number of hydrogen-bond acceptors (Lipinski definition) is 3. The number of carbonyl (C=O) groups excluding carboxylic acids is 1. The molecule has 1 atom stereocenters. The van der Waals surface area contributed by atoms with E-state index < -0.39 is 0 Å². The molecule has 100 valence electrons. The summed E-state index contributed by atoms with van der Waals surface area (Å²) >= 11 is 1.58. The van der Waals surface area contributed by atoms with E-state index >= 15 is 0 Å². The number of aromatic amines is 1. The molecule has 0 spiro atoms. The van der Waals surface area contributed by atoms with E-state index in [9.17, 15) is 4.79 Å². The van der Waals surface area contributed by atoms with Gasteiger partial charge < -0.3 is 4.90 Å². The van der Waals surface area contributed by atoms with E-state index in [4.69, 9.17) is 0 Å². The molecule has 1 aliphatic heterocycles. The Morgan fingerprint density at radius 1 is 1.53 bits per heavy atom.